The number of hydrogen-bond acceptors (Lipinski definition) is 7. The lowest BCUT2D eigenvalue weighted by Gasteiger charge is -2.32. The molecule has 2 aromatic carbocycles. The molecule has 1 unspecified atom stereocenters. The van der Waals surface area contributed by atoms with E-state index in [0.717, 1.165) is 24.0 Å². The smallest absolute Gasteiger partial charge is 0.251 e. The van der Waals surface area contributed by atoms with Gasteiger partial charge in [-0.25, -0.2) is 14.6 Å². The number of nitrogens with one attached hydrogen (secondary N) is 1. The fourth-order valence-electron chi connectivity index (χ4n) is 4.76. The summed E-state index contributed by atoms with van der Waals surface area (Å²) in [7, 11) is 1.57. The third-order valence-corrected chi connectivity index (χ3v) is 6.76. The summed E-state index contributed by atoms with van der Waals surface area (Å²) < 4.78 is 7.06. The number of carbonyl (C=O) groups excluding carboxylic acids is 2. The molecule has 3 N–H and O–H groups in total. The second kappa shape index (κ2) is 10.7. The summed E-state index contributed by atoms with van der Waals surface area (Å²) in [5.74, 6) is 0.708. The fourth-order valence-corrected chi connectivity index (χ4v) is 4.76. The van der Waals surface area contributed by atoms with Gasteiger partial charge in [0.15, 0.2) is 5.65 Å². The van der Waals surface area contributed by atoms with Gasteiger partial charge < -0.3 is 20.7 Å². The van der Waals surface area contributed by atoms with Gasteiger partial charge in [0.1, 0.15) is 23.6 Å². The quantitative estimate of drug-likeness (QED) is 0.364. The van der Waals surface area contributed by atoms with Gasteiger partial charge in [0, 0.05) is 30.8 Å². The Morgan fingerprint density at radius 1 is 1.21 bits per heavy atom. The number of methoxy groups -OCH3 is 1. The Bertz CT molecular complexity index is 1500. The Kier molecular flexibility index (Phi) is 7.03. The molecule has 4 aromatic rings. The predicted octanol–water partition coefficient (Wildman–Crippen LogP) is 3.36. The number of nitrogens with zero attached hydrogens (tertiary/aromatic N) is 5. The number of amides is 2. The lowest BCUT2D eigenvalue weighted by molar-refractivity contribution is -0.127. The van der Waals surface area contributed by atoms with Gasteiger partial charge in [-0.1, -0.05) is 36.9 Å². The number of nitrogens with two attached hydrogens (primary N) is 1. The minimum Gasteiger partial charge on any atom is -0.497 e. The van der Waals surface area contributed by atoms with E-state index in [0.29, 0.717) is 53.5 Å². The van der Waals surface area contributed by atoms with E-state index in [-0.39, 0.29) is 17.9 Å². The third kappa shape index (κ3) is 4.93. The van der Waals surface area contributed by atoms with Crippen molar-refractivity contribution in [3.8, 4) is 17.0 Å². The molecular formula is C28H29N7O3. The van der Waals surface area contributed by atoms with E-state index < -0.39 is 0 Å². The highest BCUT2D eigenvalue weighted by Crippen LogP contribution is 2.33. The number of likely N-dealkylation sites (tertiary alicyclic amines) is 1. The highest BCUT2D eigenvalue weighted by atomic mass is 16.5. The second-order valence-corrected chi connectivity index (χ2v) is 9.15. The first-order valence-electron chi connectivity index (χ1n) is 12.4. The van der Waals surface area contributed by atoms with Crippen LogP contribution in [0.4, 0.5) is 5.82 Å². The van der Waals surface area contributed by atoms with Crippen LogP contribution in [0.15, 0.2) is 67.5 Å². The maximum atomic E-state index is 12.6. The molecule has 1 aliphatic heterocycles. The third-order valence-electron chi connectivity index (χ3n) is 6.76. The number of fused-ring (bicyclic) bond motifs is 1. The van der Waals surface area contributed by atoms with Crippen LogP contribution >= 0.6 is 0 Å². The van der Waals surface area contributed by atoms with Gasteiger partial charge in [0.25, 0.3) is 5.91 Å². The van der Waals surface area contributed by atoms with Crippen LogP contribution < -0.4 is 15.8 Å². The first kappa shape index (κ1) is 24.9. The normalized spacial score (nSPS) is 15.3. The summed E-state index contributed by atoms with van der Waals surface area (Å²) >= 11 is 0. The fraction of sp³-hybridized carbons (Fsp3) is 0.250. The maximum Gasteiger partial charge on any atom is 0.251 e. The van der Waals surface area contributed by atoms with E-state index in [1.165, 1.54) is 12.4 Å². The average molecular weight is 512 g/mol. The number of anilines is 1. The molecule has 5 rings (SSSR count). The number of ether oxygens (including phenoxy) is 1. The highest BCUT2D eigenvalue weighted by molar-refractivity contribution is 5.98. The minimum atomic E-state index is -0.181. The number of hydrogen-bond donors (Lipinski definition) is 2. The molecule has 0 radical (unpaired) electrons. The van der Waals surface area contributed by atoms with Crippen LogP contribution in [0.25, 0.3) is 22.3 Å². The molecule has 2 amide bonds. The number of nitrogen functional groups attached to an aromatic ring is 1. The van der Waals surface area contributed by atoms with Crippen LogP contribution in [0, 0.1) is 0 Å². The summed E-state index contributed by atoms with van der Waals surface area (Å²) in [4.78, 5) is 35.3. The zero-order chi connectivity index (χ0) is 26.6. The Morgan fingerprint density at radius 2 is 2.03 bits per heavy atom. The molecule has 194 valence electrons. The van der Waals surface area contributed by atoms with Crippen molar-refractivity contribution in [2.45, 2.75) is 25.4 Å². The van der Waals surface area contributed by atoms with Crippen molar-refractivity contribution < 1.29 is 14.3 Å². The summed E-state index contributed by atoms with van der Waals surface area (Å²) in [5, 5.41) is 8.53. The number of benzene rings is 2. The van der Waals surface area contributed by atoms with E-state index in [2.05, 4.69) is 21.9 Å². The first-order valence-corrected chi connectivity index (χ1v) is 12.4. The van der Waals surface area contributed by atoms with Crippen LogP contribution in [0.3, 0.4) is 0 Å². The zero-order valence-corrected chi connectivity index (χ0v) is 21.1. The van der Waals surface area contributed by atoms with Gasteiger partial charge >= 0.3 is 0 Å². The highest BCUT2D eigenvalue weighted by Gasteiger charge is 2.28. The SMILES string of the molecule is C=CC(=O)N1CCCC(n2nc(-c3ccc(CNC(=O)c4cccc(OC)c4)cc3)c3c(N)ncnc32)C1. The summed E-state index contributed by atoms with van der Waals surface area (Å²) in [6, 6.07) is 14.8. The number of piperidine rings is 1. The molecule has 3 heterocycles. The second-order valence-electron chi connectivity index (χ2n) is 9.15. The van der Waals surface area contributed by atoms with E-state index in [9.17, 15) is 9.59 Å². The van der Waals surface area contributed by atoms with Crippen molar-refractivity contribution in [1.82, 2.24) is 30.0 Å². The predicted molar refractivity (Wildman–Crippen MR) is 144 cm³/mol. The summed E-state index contributed by atoms with van der Waals surface area (Å²) in [6.45, 7) is 5.20. The molecule has 0 spiro atoms. The van der Waals surface area contributed by atoms with E-state index in [1.807, 2.05) is 28.9 Å². The molecule has 1 atom stereocenters. The Balaban J connectivity index is 1.38. The van der Waals surface area contributed by atoms with Gasteiger partial charge in [-0.3, -0.25) is 9.59 Å². The molecule has 10 nitrogen and oxygen atoms in total. The zero-order valence-electron chi connectivity index (χ0n) is 21.1. The molecule has 1 fully saturated rings. The molecule has 0 saturated carbocycles. The van der Waals surface area contributed by atoms with Crippen LogP contribution in [0.5, 0.6) is 5.75 Å². The minimum absolute atomic E-state index is 0.0377. The standard InChI is InChI=1S/C28H29N7O3/c1-3-23(36)34-13-5-7-21(16-34)35-27-24(26(29)31-17-32-27)25(33-35)19-11-9-18(10-12-19)15-30-28(37)20-6-4-8-22(14-20)38-2/h3-4,6,8-12,14,17,21H,1,5,7,13,15-16H2,2H3,(H,30,37)(H2,29,31,32). The Labute approximate surface area is 220 Å². The molecule has 1 saturated heterocycles. The van der Waals surface area contributed by atoms with Crippen molar-refractivity contribution in [2.24, 2.45) is 0 Å². The topological polar surface area (TPSA) is 128 Å². The number of rotatable bonds is 7. The number of carbonyl (C=O) groups is 2. The van der Waals surface area contributed by atoms with Gasteiger partial charge in [0.05, 0.1) is 18.5 Å². The van der Waals surface area contributed by atoms with Gasteiger partial charge in [-0.2, -0.15) is 5.10 Å². The Hall–Kier alpha value is -4.73. The van der Waals surface area contributed by atoms with Crippen molar-refractivity contribution in [3.05, 3.63) is 78.6 Å². The lowest BCUT2D eigenvalue weighted by Crippen LogP contribution is -2.40. The summed E-state index contributed by atoms with van der Waals surface area (Å²) in [6.07, 6.45) is 4.50. The van der Waals surface area contributed by atoms with Crippen molar-refractivity contribution >= 4 is 28.7 Å². The molecule has 2 aromatic heterocycles. The summed E-state index contributed by atoms with van der Waals surface area (Å²) in [5.41, 5.74) is 9.92. The van der Waals surface area contributed by atoms with Crippen molar-refractivity contribution in [2.75, 3.05) is 25.9 Å². The van der Waals surface area contributed by atoms with Crippen LogP contribution in [-0.2, 0) is 11.3 Å². The molecule has 1 aliphatic rings. The lowest BCUT2D eigenvalue weighted by atomic mass is 10.1. The van der Waals surface area contributed by atoms with Gasteiger partial charge in [-0.15, -0.1) is 0 Å². The average Bonchev–Trinajstić information content (AvgIpc) is 3.37. The number of aromatic nitrogens is 4. The van der Waals surface area contributed by atoms with Gasteiger partial charge in [0.2, 0.25) is 5.91 Å². The molecular weight excluding hydrogens is 482 g/mol. The monoisotopic (exact) mass is 511 g/mol. The largest absolute Gasteiger partial charge is 0.497 e. The van der Waals surface area contributed by atoms with E-state index in [1.54, 1.807) is 36.3 Å². The molecule has 38 heavy (non-hydrogen) atoms. The van der Waals surface area contributed by atoms with E-state index in [4.69, 9.17) is 15.6 Å². The first-order chi connectivity index (χ1) is 18.5. The van der Waals surface area contributed by atoms with Crippen LogP contribution in [-0.4, -0.2) is 56.7 Å². The van der Waals surface area contributed by atoms with Crippen LogP contribution in [0.1, 0.15) is 34.8 Å². The van der Waals surface area contributed by atoms with Gasteiger partial charge in [-0.05, 0) is 42.7 Å². The van der Waals surface area contributed by atoms with Crippen molar-refractivity contribution in [1.29, 1.82) is 0 Å². The van der Waals surface area contributed by atoms with E-state index >= 15 is 0 Å². The molecule has 10 heteroatoms. The molecule has 0 bridgehead atoms. The van der Waals surface area contributed by atoms with Crippen LogP contribution in [0.2, 0.25) is 0 Å². The molecule has 0 aliphatic carbocycles. The van der Waals surface area contributed by atoms with Crippen molar-refractivity contribution in [3.63, 3.8) is 0 Å². The maximum absolute atomic E-state index is 12.6. The Morgan fingerprint density at radius 3 is 2.79 bits per heavy atom.